The van der Waals surface area contributed by atoms with E-state index in [9.17, 15) is 21.6 Å². The Morgan fingerprint density at radius 3 is 2.07 bits per heavy atom. The maximum absolute atomic E-state index is 12.5. The van der Waals surface area contributed by atoms with Crippen molar-refractivity contribution in [1.29, 1.82) is 0 Å². The Bertz CT molecular complexity index is 1110. The van der Waals surface area contributed by atoms with Crippen molar-refractivity contribution in [2.24, 2.45) is 0 Å². The van der Waals surface area contributed by atoms with Gasteiger partial charge in [0.1, 0.15) is 6.54 Å². The molecule has 29 heavy (non-hydrogen) atoms. The molecule has 0 saturated carbocycles. The number of aryl methyl sites for hydroxylation is 2. The number of nitrogens with one attached hydrogen (secondary N) is 1. The maximum Gasteiger partial charge on any atom is 0.241 e. The van der Waals surface area contributed by atoms with Crippen molar-refractivity contribution in [3.05, 3.63) is 59.2 Å². The zero-order valence-electron chi connectivity index (χ0n) is 17.1. The van der Waals surface area contributed by atoms with Gasteiger partial charge >= 0.3 is 0 Å². The molecule has 0 radical (unpaired) electrons. The van der Waals surface area contributed by atoms with E-state index in [1.54, 1.807) is 38.1 Å². The Labute approximate surface area is 172 Å². The lowest BCUT2D eigenvalue weighted by atomic mass is 10.1. The number of rotatable bonds is 7. The Hall–Kier alpha value is -2.39. The van der Waals surface area contributed by atoms with E-state index in [1.165, 1.54) is 12.1 Å². The minimum absolute atomic E-state index is 0.192. The van der Waals surface area contributed by atoms with Crippen LogP contribution in [-0.4, -0.2) is 41.8 Å². The van der Waals surface area contributed by atoms with Crippen molar-refractivity contribution < 1.29 is 21.6 Å². The number of anilines is 1. The number of nitrogens with zero attached hydrogens (tertiary/aromatic N) is 1. The first-order valence-corrected chi connectivity index (χ1v) is 12.7. The van der Waals surface area contributed by atoms with Gasteiger partial charge in [0.05, 0.1) is 22.9 Å². The van der Waals surface area contributed by atoms with Crippen molar-refractivity contribution in [3.8, 4) is 0 Å². The molecule has 0 bridgehead atoms. The van der Waals surface area contributed by atoms with Crippen molar-refractivity contribution in [2.45, 2.75) is 31.7 Å². The number of sulfone groups is 1. The lowest BCUT2D eigenvalue weighted by Crippen LogP contribution is -2.41. The number of carbonyl (C=O) groups is 1. The average Bonchev–Trinajstić information content (AvgIpc) is 2.58. The molecule has 1 amide bonds. The van der Waals surface area contributed by atoms with Crippen molar-refractivity contribution in [1.82, 2.24) is 5.32 Å². The molecule has 0 fully saturated rings. The molecule has 2 aromatic carbocycles. The molecule has 0 heterocycles. The summed E-state index contributed by atoms with van der Waals surface area (Å²) in [5, 5.41) is 2.76. The first-order valence-electron chi connectivity index (χ1n) is 8.93. The second-order valence-electron chi connectivity index (χ2n) is 7.19. The predicted molar refractivity (Wildman–Crippen MR) is 114 cm³/mol. The van der Waals surface area contributed by atoms with Crippen LogP contribution >= 0.6 is 0 Å². The van der Waals surface area contributed by atoms with Crippen LogP contribution in [0.4, 0.5) is 5.69 Å². The molecule has 9 heteroatoms. The fourth-order valence-corrected chi connectivity index (χ4v) is 4.52. The zero-order valence-corrected chi connectivity index (χ0v) is 18.8. The zero-order chi connectivity index (χ0) is 22.0. The normalized spacial score (nSPS) is 13.0. The van der Waals surface area contributed by atoms with Gasteiger partial charge in [-0.15, -0.1) is 0 Å². The van der Waals surface area contributed by atoms with E-state index < -0.39 is 31.8 Å². The molecule has 2 rings (SSSR count). The van der Waals surface area contributed by atoms with Crippen molar-refractivity contribution in [2.75, 3.05) is 23.4 Å². The monoisotopic (exact) mass is 438 g/mol. The Morgan fingerprint density at radius 2 is 1.59 bits per heavy atom. The van der Waals surface area contributed by atoms with E-state index >= 15 is 0 Å². The summed E-state index contributed by atoms with van der Waals surface area (Å²) >= 11 is 0. The summed E-state index contributed by atoms with van der Waals surface area (Å²) in [5.41, 5.74) is 2.92. The first kappa shape index (κ1) is 22.9. The first-order chi connectivity index (χ1) is 13.3. The highest BCUT2D eigenvalue weighted by Gasteiger charge is 2.23. The molecule has 7 nitrogen and oxygen atoms in total. The van der Waals surface area contributed by atoms with Crippen LogP contribution in [0.15, 0.2) is 47.4 Å². The quantitative estimate of drug-likeness (QED) is 0.715. The van der Waals surface area contributed by atoms with E-state index in [-0.39, 0.29) is 11.4 Å². The summed E-state index contributed by atoms with van der Waals surface area (Å²) < 4.78 is 48.8. The van der Waals surface area contributed by atoms with Crippen LogP contribution in [-0.2, 0) is 24.7 Å². The molecule has 1 atom stereocenters. The van der Waals surface area contributed by atoms with Gasteiger partial charge in [-0.2, -0.15) is 0 Å². The summed E-state index contributed by atoms with van der Waals surface area (Å²) in [4.78, 5) is 12.7. The number of hydrogen-bond donors (Lipinski definition) is 1. The molecule has 1 N–H and O–H groups in total. The summed E-state index contributed by atoms with van der Waals surface area (Å²) in [5.74, 6) is -0.463. The van der Waals surface area contributed by atoms with E-state index in [1.807, 2.05) is 13.0 Å². The summed E-state index contributed by atoms with van der Waals surface area (Å²) in [6.07, 6.45) is 2.19. The molecule has 0 aliphatic rings. The highest BCUT2D eigenvalue weighted by atomic mass is 32.2. The number of sulfonamides is 1. The molecule has 0 spiro atoms. The SMILES string of the molecule is Cc1ccc(N(CC(=O)NC(C)c2ccc(S(C)(=O)=O)cc2)S(C)(=O)=O)c(C)c1. The smallest absolute Gasteiger partial charge is 0.241 e. The minimum Gasteiger partial charge on any atom is -0.348 e. The molecule has 0 saturated heterocycles. The highest BCUT2D eigenvalue weighted by Crippen LogP contribution is 2.23. The van der Waals surface area contributed by atoms with Crippen LogP contribution in [0, 0.1) is 13.8 Å². The van der Waals surface area contributed by atoms with Gasteiger partial charge in [0.15, 0.2) is 9.84 Å². The minimum atomic E-state index is -3.66. The van der Waals surface area contributed by atoms with Gasteiger partial charge in [-0.25, -0.2) is 16.8 Å². The lowest BCUT2D eigenvalue weighted by molar-refractivity contribution is -0.120. The summed E-state index contributed by atoms with van der Waals surface area (Å²) in [6.45, 7) is 5.10. The van der Waals surface area contributed by atoms with Gasteiger partial charge < -0.3 is 5.32 Å². The van der Waals surface area contributed by atoms with Crippen molar-refractivity contribution in [3.63, 3.8) is 0 Å². The van der Waals surface area contributed by atoms with Crippen LogP contribution in [0.1, 0.15) is 29.7 Å². The number of hydrogen-bond acceptors (Lipinski definition) is 5. The Balaban J connectivity index is 2.18. The molecular weight excluding hydrogens is 412 g/mol. The third kappa shape index (κ3) is 6.04. The van der Waals surface area contributed by atoms with Crippen LogP contribution in [0.2, 0.25) is 0 Å². The second-order valence-corrected chi connectivity index (χ2v) is 11.1. The van der Waals surface area contributed by atoms with Gasteiger partial charge in [0.2, 0.25) is 15.9 Å². The largest absolute Gasteiger partial charge is 0.348 e. The van der Waals surface area contributed by atoms with Crippen LogP contribution in [0.3, 0.4) is 0 Å². The third-order valence-electron chi connectivity index (χ3n) is 4.49. The molecule has 1 unspecified atom stereocenters. The number of carbonyl (C=O) groups excluding carboxylic acids is 1. The summed E-state index contributed by atoms with van der Waals surface area (Å²) in [6, 6.07) is 11.1. The summed E-state index contributed by atoms with van der Waals surface area (Å²) in [7, 11) is -6.96. The van der Waals surface area contributed by atoms with Crippen LogP contribution in [0.25, 0.3) is 0 Å². The van der Waals surface area contributed by atoms with Crippen LogP contribution in [0.5, 0.6) is 0 Å². The highest BCUT2D eigenvalue weighted by molar-refractivity contribution is 7.92. The standard InChI is InChI=1S/C20H26N2O5S2/c1-14-6-11-19(15(2)12-14)22(29(5,26)27)13-20(23)21-16(3)17-7-9-18(10-8-17)28(4,24)25/h6-12,16H,13H2,1-5H3,(H,21,23). The van der Waals surface area contributed by atoms with E-state index in [0.717, 1.165) is 27.9 Å². The fraction of sp³-hybridized carbons (Fsp3) is 0.350. The second kappa shape index (κ2) is 8.54. The third-order valence-corrected chi connectivity index (χ3v) is 6.75. The molecular formula is C20H26N2O5S2. The van der Waals surface area contributed by atoms with E-state index in [0.29, 0.717) is 11.3 Å². The Kier molecular flexibility index (Phi) is 6.74. The van der Waals surface area contributed by atoms with Gasteiger partial charge in [-0.3, -0.25) is 9.10 Å². The average molecular weight is 439 g/mol. The van der Waals surface area contributed by atoms with Gasteiger partial charge in [-0.1, -0.05) is 29.8 Å². The number of amides is 1. The van der Waals surface area contributed by atoms with Gasteiger partial charge in [0, 0.05) is 6.26 Å². The molecule has 0 aliphatic heterocycles. The topological polar surface area (TPSA) is 101 Å². The predicted octanol–water partition coefficient (Wildman–Crippen LogP) is 2.35. The van der Waals surface area contributed by atoms with E-state index in [2.05, 4.69) is 5.32 Å². The van der Waals surface area contributed by atoms with Gasteiger partial charge in [-0.05, 0) is 50.1 Å². The lowest BCUT2D eigenvalue weighted by Gasteiger charge is -2.25. The fourth-order valence-electron chi connectivity index (χ4n) is 2.97. The van der Waals surface area contributed by atoms with Crippen molar-refractivity contribution >= 4 is 31.5 Å². The van der Waals surface area contributed by atoms with Gasteiger partial charge in [0.25, 0.3) is 0 Å². The molecule has 0 aromatic heterocycles. The van der Waals surface area contributed by atoms with E-state index in [4.69, 9.17) is 0 Å². The molecule has 158 valence electrons. The van der Waals surface area contributed by atoms with Crippen LogP contribution < -0.4 is 9.62 Å². The Morgan fingerprint density at radius 1 is 1.00 bits per heavy atom. The molecule has 0 aliphatic carbocycles. The maximum atomic E-state index is 12.5. The number of benzene rings is 2. The molecule has 2 aromatic rings.